The van der Waals surface area contributed by atoms with Gasteiger partial charge in [0.15, 0.2) is 0 Å². The number of rotatable bonds is 3. The minimum atomic E-state index is 0.0953. The smallest absolute Gasteiger partial charge is 0.0692 e. The summed E-state index contributed by atoms with van der Waals surface area (Å²) in [5, 5.41) is 9.13. The zero-order valence-electron chi connectivity index (χ0n) is 9.62. The number of aliphatic hydroxyl groups excluding tert-OH is 1. The first-order valence-corrected chi connectivity index (χ1v) is 6.71. The first-order chi connectivity index (χ1) is 7.76. The molecule has 0 amide bonds. The molecule has 1 aromatic rings. The average Bonchev–Trinajstić information content (AvgIpc) is 2.77. The molecule has 0 radical (unpaired) electrons. The average molecular weight is 284 g/mol. The Morgan fingerprint density at radius 2 is 2.31 bits per heavy atom. The van der Waals surface area contributed by atoms with E-state index in [-0.39, 0.29) is 6.61 Å². The van der Waals surface area contributed by atoms with Crippen LogP contribution >= 0.6 is 15.9 Å². The summed E-state index contributed by atoms with van der Waals surface area (Å²) in [4.78, 5) is 2.48. The van der Waals surface area contributed by atoms with E-state index in [9.17, 15) is 0 Å². The second-order valence-corrected chi connectivity index (χ2v) is 5.19. The Kier molecular flexibility index (Phi) is 3.87. The van der Waals surface area contributed by atoms with Crippen LogP contribution < -0.4 is 4.90 Å². The van der Waals surface area contributed by atoms with Gasteiger partial charge in [0.25, 0.3) is 0 Å². The molecule has 0 saturated carbocycles. The molecule has 3 heteroatoms. The molecule has 2 nitrogen and oxygen atoms in total. The number of hydrogen-bond donors (Lipinski definition) is 1. The molecule has 0 spiro atoms. The third-order valence-corrected chi connectivity index (χ3v) is 4.13. The van der Waals surface area contributed by atoms with Crippen LogP contribution in [0.15, 0.2) is 22.7 Å². The van der Waals surface area contributed by atoms with Gasteiger partial charge < -0.3 is 10.0 Å². The molecule has 0 aliphatic carbocycles. The van der Waals surface area contributed by atoms with E-state index in [1.165, 1.54) is 24.9 Å². The van der Waals surface area contributed by atoms with Gasteiger partial charge >= 0.3 is 0 Å². The van der Waals surface area contributed by atoms with Gasteiger partial charge in [0.05, 0.1) is 6.61 Å². The normalized spacial score (nSPS) is 20.4. The van der Waals surface area contributed by atoms with Crippen molar-refractivity contribution >= 4 is 21.6 Å². The van der Waals surface area contributed by atoms with Crippen molar-refractivity contribution in [3.8, 4) is 0 Å². The predicted octanol–water partition coefficient (Wildman–Crippen LogP) is 3.32. The number of halogens is 1. The first-order valence-electron chi connectivity index (χ1n) is 5.92. The van der Waals surface area contributed by atoms with Gasteiger partial charge in [-0.1, -0.05) is 28.9 Å². The number of benzene rings is 1. The molecule has 1 saturated heterocycles. The molecular formula is C13H18BrNO. The standard InChI is InChI=1S/C13H18BrNO/c1-2-11-4-3-7-15(11)12-6-5-10(9-16)13(14)8-12/h5-6,8,11,16H,2-4,7,9H2,1H3. The third kappa shape index (κ3) is 2.25. The molecule has 1 aliphatic rings. The molecule has 2 rings (SSSR count). The number of hydrogen-bond acceptors (Lipinski definition) is 2. The summed E-state index contributed by atoms with van der Waals surface area (Å²) in [5.74, 6) is 0. The van der Waals surface area contributed by atoms with Crippen molar-refractivity contribution in [2.45, 2.75) is 38.8 Å². The molecule has 16 heavy (non-hydrogen) atoms. The lowest BCUT2D eigenvalue weighted by atomic mass is 10.1. The van der Waals surface area contributed by atoms with Gasteiger partial charge in [-0.2, -0.15) is 0 Å². The van der Waals surface area contributed by atoms with E-state index < -0.39 is 0 Å². The van der Waals surface area contributed by atoms with Crippen molar-refractivity contribution < 1.29 is 5.11 Å². The molecule has 1 aliphatic heterocycles. The fourth-order valence-corrected chi connectivity index (χ4v) is 2.94. The summed E-state index contributed by atoms with van der Waals surface area (Å²) in [5.41, 5.74) is 2.23. The summed E-state index contributed by atoms with van der Waals surface area (Å²) < 4.78 is 1.01. The van der Waals surface area contributed by atoms with Crippen LogP contribution in [0.5, 0.6) is 0 Å². The minimum absolute atomic E-state index is 0.0953. The summed E-state index contributed by atoms with van der Waals surface area (Å²) in [6, 6.07) is 6.93. The number of nitrogens with zero attached hydrogens (tertiary/aromatic N) is 1. The summed E-state index contributed by atoms with van der Waals surface area (Å²) in [6.07, 6.45) is 3.80. The lowest BCUT2D eigenvalue weighted by Crippen LogP contribution is -2.28. The summed E-state index contributed by atoms with van der Waals surface area (Å²) >= 11 is 3.51. The van der Waals surface area contributed by atoms with Crippen molar-refractivity contribution in [1.29, 1.82) is 0 Å². The highest BCUT2D eigenvalue weighted by molar-refractivity contribution is 9.10. The lowest BCUT2D eigenvalue weighted by molar-refractivity contribution is 0.281. The van der Waals surface area contributed by atoms with Crippen molar-refractivity contribution in [2.75, 3.05) is 11.4 Å². The van der Waals surface area contributed by atoms with Crippen LogP contribution in [0.4, 0.5) is 5.69 Å². The second-order valence-electron chi connectivity index (χ2n) is 4.33. The first kappa shape index (κ1) is 11.9. The van der Waals surface area contributed by atoms with E-state index in [2.05, 4.69) is 39.9 Å². The maximum absolute atomic E-state index is 9.13. The Balaban J connectivity index is 2.23. The molecule has 1 aromatic carbocycles. The van der Waals surface area contributed by atoms with Crippen LogP contribution in [-0.2, 0) is 6.61 Å². The van der Waals surface area contributed by atoms with E-state index in [1.807, 2.05) is 6.07 Å². The van der Waals surface area contributed by atoms with Crippen LogP contribution in [0, 0.1) is 0 Å². The van der Waals surface area contributed by atoms with Crippen molar-refractivity contribution in [3.05, 3.63) is 28.2 Å². The van der Waals surface area contributed by atoms with Gasteiger partial charge in [-0.05, 0) is 37.0 Å². The van der Waals surface area contributed by atoms with E-state index in [0.29, 0.717) is 6.04 Å². The van der Waals surface area contributed by atoms with Gasteiger partial charge in [-0.25, -0.2) is 0 Å². The zero-order valence-corrected chi connectivity index (χ0v) is 11.2. The van der Waals surface area contributed by atoms with Crippen LogP contribution in [0.25, 0.3) is 0 Å². The Morgan fingerprint density at radius 1 is 1.50 bits per heavy atom. The van der Waals surface area contributed by atoms with Gasteiger partial charge in [-0.15, -0.1) is 0 Å². The van der Waals surface area contributed by atoms with Crippen LogP contribution in [-0.4, -0.2) is 17.7 Å². The highest BCUT2D eigenvalue weighted by Crippen LogP contribution is 2.30. The second kappa shape index (κ2) is 5.19. The Morgan fingerprint density at radius 3 is 2.94 bits per heavy atom. The monoisotopic (exact) mass is 283 g/mol. The van der Waals surface area contributed by atoms with E-state index in [4.69, 9.17) is 5.11 Å². The molecular weight excluding hydrogens is 266 g/mol. The molecule has 0 bridgehead atoms. The van der Waals surface area contributed by atoms with Crippen molar-refractivity contribution in [2.24, 2.45) is 0 Å². The largest absolute Gasteiger partial charge is 0.392 e. The highest BCUT2D eigenvalue weighted by Gasteiger charge is 2.23. The summed E-state index contributed by atoms with van der Waals surface area (Å²) in [7, 11) is 0. The fraction of sp³-hybridized carbons (Fsp3) is 0.538. The van der Waals surface area contributed by atoms with Crippen molar-refractivity contribution in [3.63, 3.8) is 0 Å². The Hall–Kier alpha value is -0.540. The number of anilines is 1. The van der Waals surface area contributed by atoms with Gasteiger partial charge in [0, 0.05) is 22.7 Å². The van der Waals surface area contributed by atoms with E-state index in [1.54, 1.807) is 0 Å². The van der Waals surface area contributed by atoms with Gasteiger partial charge in [0.2, 0.25) is 0 Å². The zero-order chi connectivity index (χ0) is 11.5. The third-order valence-electron chi connectivity index (χ3n) is 3.39. The minimum Gasteiger partial charge on any atom is -0.392 e. The molecule has 1 N–H and O–H groups in total. The maximum Gasteiger partial charge on any atom is 0.0692 e. The fourth-order valence-electron chi connectivity index (χ4n) is 2.44. The molecule has 1 unspecified atom stereocenters. The Labute approximate surface area is 105 Å². The number of aliphatic hydroxyl groups is 1. The predicted molar refractivity (Wildman–Crippen MR) is 70.7 cm³/mol. The maximum atomic E-state index is 9.13. The van der Waals surface area contributed by atoms with Gasteiger partial charge in [0.1, 0.15) is 0 Å². The quantitative estimate of drug-likeness (QED) is 0.920. The molecule has 1 heterocycles. The van der Waals surface area contributed by atoms with Crippen LogP contribution in [0.3, 0.4) is 0 Å². The molecule has 88 valence electrons. The van der Waals surface area contributed by atoms with E-state index >= 15 is 0 Å². The van der Waals surface area contributed by atoms with Gasteiger partial charge in [-0.3, -0.25) is 0 Å². The molecule has 0 aromatic heterocycles. The van der Waals surface area contributed by atoms with E-state index in [0.717, 1.165) is 16.6 Å². The lowest BCUT2D eigenvalue weighted by Gasteiger charge is -2.26. The Bertz CT molecular complexity index is 367. The van der Waals surface area contributed by atoms with Crippen LogP contribution in [0.1, 0.15) is 31.7 Å². The van der Waals surface area contributed by atoms with Crippen molar-refractivity contribution in [1.82, 2.24) is 0 Å². The topological polar surface area (TPSA) is 23.5 Å². The van der Waals surface area contributed by atoms with Crippen LogP contribution in [0.2, 0.25) is 0 Å². The molecule has 1 atom stereocenters. The highest BCUT2D eigenvalue weighted by atomic mass is 79.9. The SMILES string of the molecule is CCC1CCCN1c1ccc(CO)c(Br)c1. The summed E-state index contributed by atoms with van der Waals surface area (Å²) in [6.45, 7) is 3.50. The molecule has 1 fully saturated rings.